The van der Waals surface area contributed by atoms with Crippen molar-refractivity contribution in [1.82, 2.24) is 0 Å². The summed E-state index contributed by atoms with van der Waals surface area (Å²) in [6, 6.07) is 0. The van der Waals surface area contributed by atoms with Gasteiger partial charge in [-0.1, -0.05) is 88.3 Å². The third-order valence-corrected chi connectivity index (χ3v) is 5.86. The van der Waals surface area contributed by atoms with Crippen LogP contribution in [0.5, 0.6) is 0 Å². The van der Waals surface area contributed by atoms with E-state index >= 15 is 0 Å². The lowest BCUT2D eigenvalue weighted by atomic mass is 9.69. The molecule has 0 N–H and O–H groups in total. The smallest absolute Gasteiger partial charge is 0.179 e. The van der Waals surface area contributed by atoms with Crippen molar-refractivity contribution < 1.29 is 9.59 Å². The van der Waals surface area contributed by atoms with E-state index in [2.05, 4.69) is 88.3 Å². The zero-order chi connectivity index (χ0) is 24.6. The van der Waals surface area contributed by atoms with Crippen LogP contribution in [0.3, 0.4) is 0 Å². The largest absolute Gasteiger partial charge is 0.290 e. The molecule has 0 heterocycles. The predicted molar refractivity (Wildman–Crippen MR) is 136 cm³/mol. The fraction of sp³-hybridized carbons (Fsp3) is 0.533. The van der Waals surface area contributed by atoms with Crippen LogP contribution in [0.4, 0.5) is 0 Å². The number of allylic oxidation sites excluding steroid dienone is 12. The Morgan fingerprint density at radius 1 is 0.625 bits per heavy atom. The molecule has 174 valence electrons. The Bertz CT molecular complexity index is 943. The second-order valence-electron chi connectivity index (χ2n) is 12.7. The molecular weight excluding hydrogens is 392 g/mol. The van der Waals surface area contributed by atoms with Gasteiger partial charge >= 0.3 is 0 Å². The Hall–Kier alpha value is -2.22. The Morgan fingerprint density at radius 3 is 1.34 bits per heavy atom. The van der Waals surface area contributed by atoms with Crippen LogP contribution in [0, 0.1) is 22.2 Å². The number of carbonyl (C=O) groups is 2. The van der Waals surface area contributed by atoms with Crippen LogP contribution in [0.1, 0.15) is 82.6 Å². The molecule has 2 heteroatoms. The second-order valence-corrected chi connectivity index (χ2v) is 12.7. The van der Waals surface area contributed by atoms with Crippen molar-refractivity contribution in [2.24, 2.45) is 22.2 Å². The van der Waals surface area contributed by atoms with Crippen LogP contribution >= 0.6 is 0 Å². The number of rotatable bonds is 3. The average molecular weight is 435 g/mol. The fourth-order valence-corrected chi connectivity index (χ4v) is 4.32. The molecule has 2 aliphatic carbocycles. The normalized spacial score (nSPS) is 19.8. The first-order valence-corrected chi connectivity index (χ1v) is 11.8. The molecule has 0 atom stereocenters. The zero-order valence-corrected chi connectivity index (χ0v) is 22.1. The third kappa shape index (κ3) is 6.18. The van der Waals surface area contributed by atoms with Gasteiger partial charge in [0.05, 0.1) is 0 Å². The summed E-state index contributed by atoms with van der Waals surface area (Å²) in [6.07, 6.45) is 12.4. The van der Waals surface area contributed by atoms with Crippen LogP contribution in [0.2, 0.25) is 0 Å². The maximum absolute atomic E-state index is 12.6. The van der Waals surface area contributed by atoms with Crippen molar-refractivity contribution in [1.29, 1.82) is 0 Å². The maximum atomic E-state index is 12.6. The molecule has 0 fully saturated rings. The van der Waals surface area contributed by atoms with Gasteiger partial charge < -0.3 is 0 Å². The highest BCUT2D eigenvalue weighted by molar-refractivity contribution is 6.04. The molecule has 2 aliphatic rings. The van der Waals surface area contributed by atoms with Gasteiger partial charge in [0.15, 0.2) is 11.6 Å². The average Bonchev–Trinajstić information content (AvgIpc) is 2.57. The lowest BCUT2D eigenvalue weighted by Crippen LogP contribution is -2.23. The van der Waals surface area contributed by atoms with E-state index in [0.717, 1.165) is 39.9 Å². The number of hydrogen-bond donors (Lipinski definition) is 0. The summed E-state index contributed by atoms with van der Waals surface area (Å²) in [7, 11) is 0. The Morgan fingerprint density at radius 2 is 0.969 bits per heavy atom. The summed E-state index contributed by atoms with van der Waals surface area (Å²) >= 11 is 0. The minimum absolute atomic E-state index is 0.0589. The number of hydrogen-bond acceptors (Lipinski definition) is 2. The molecule has 0 amide bonds. The second kappa shape index (κ2) is 8.96. The van der Waals surface area contributed by atoms with Gasteiger partial charge in [-0.15, -0.1) is 0 Å². The fourth-order valence-electron chi connectivity index (χ4n) is 4.32. The Kier molecular flexibility index (Phi) is 7.29. The van der Waals surface area contributed by atoms with E-state index in [1.165, 1.54) is 0 Å². The molecule has 0 radical (unpaired) electrons. The predicted octanol–water partition coefficient (Wildman–Crippen LogP) is 7.89. The topological polar surface area (TPSA) is 34.1 Å². The lowest BCUT2D eigenvalue weighted by molar-refractivity contribution is -0.111. The van der Waals surface area contributed by atoms with E-state index in [9.17, 15) is 9.59 Å². The lowest BCUT2D eigenvalue weighted by Gasteiger charge is -2.34. The van der Waals surface area contributed by atoms with Crippen LogP contribution in [-0.2, 0) is 9.59 Å². The summed E-state index contributed by atoms with van der Waals surface area (Å²) in [5, 5.41) is 0. The molecule has 0 saturated carbocycles. The van der Waals surface area contributed by atoms with Crippen LogP contribution in [-0.4, -0.2) is 11.6 Å². The SMILES string of the molecule is CC(C)CC1=CC(=O)C=C(C(C)(C)C)/C1=C/C=C1C(C(C)(C)C)=CC(=O)C=C1C(C)(C)C. The molecule has 0 aromatic heterocycles. The summed E-state index contributed by atoms with van der Waals surface area (Å²) in [6.45, 7) is 23.8. The van der Waals surface area contributed by atoms with Gasteiger partial charge in [-0.25, -0.2) is 0 Å². The molecule has 2 nitrogen and oxygen atoms in total. The highest BCUT2D eigenvalue weighted by Gasteiger charge is 2.32. The first-order valence-electron chi connectivity index (χ1n) is 11.8. The van der Waals surface area contributed by atoms with Gasteiger partial charge in [0, 0.05) is 0 Å². The minimum Gasteiger partial charge on any atom is -0.290 e. The molecule has 0 saturated heterocycles. The van der Waals surface area contributed by atoms with Gasteiger partial charge in [-0.2, -0.15) is 0 Å². The van der Waals surface area contributed by atoms with E-state index in [-0.39, 0.29) is 27.8 Å². The van der Waals surface area contributed by atoms with Crippen LogP contribution in [0.25, 0.3) is 0 Å². The molecule has 0 aliphatic heterocycles. The standard InChI is InChI=1S/C30H42O2/c1-19(2)14-20-15-21(31)16-25(28(3,4)5)23(20)12-13-24-26(29(6,7)8)17-22(32)18-27(24)30(9,10)11/h12-13,15-19H,14H2,1-11H3/b23-12+. The van der Waals surface area contributed by atoms with E-state index < -0.39 is 0 Å². The van der Waals surface area contributed by atoms with Gasteiger partial charge in [0.1, 0.15) is 0 Å². The highest BCUT2D eigenvalue weighted by atomic mass is 16.1. The van der Waals surface area contributed by atoms with Gasteiger partial charge in [-0.3, -0.25) is 9.59 Å². The molecule has 0 aromatic rings. The van der Waals surface area contributed by atoms with Crippen LogP contribution < -0.4 is 0 Å². The van der Waals surface area contributed by atoms with Crippen molar-refractivity contribution in [2.75, 3.05) is 0 Å². The van der Waals surface area contributed by atoms with Crippen molar-refractivity contribution in [3.63, 3.8) is 0 Å². The quantitative estimate of drug-likeness (QED) is 0.452. The van der Waals surface area contributed by atoms with E-state index in [1.807, 2.05) is 0 Å². The number of carbonyl (C=O) groups excluding carboxylic acids is 2. The zero-order valence-electron chi connectivity index (χ0n) is 22.1. The first kappa shape index (κ1) is 26.0. The Balaban J connectivity index is 2.77. The molecule has 0 spiro atoms. The summed E-state index contributed by atoms with van der Waals surface area (Å²) in [5.74, 6) is 0.583. The van der Waals surface area contributed by atoms with Gasteiger partial charge in [-0.05, 0) is 86.3 Å². The minimum atomic E-state index is -0.160. The van der Waals surface area contributed by atoms with E-state index in [4.69, 9.17) is 0 Å². The first-order chi connectivity index (χ1) is 14.4. The third-order valence-electron chi connectivity index (χ3n) is 5.86. The van der Waals surface area contributed by atoms with Crippen molar-refractivity contribution in [3.05, 3.63) is 69.9 Å². The summed E-state index contributed by atoms with van der Waals surface area (Å²) < 4.78 is 0. The Labute approximate surface area is 195 Å². The molecule has 0 bridgehead atoms. The molecule has 0 unspecified atom stereocenters. The molecular formula is C30H42O2. The monoisotopic (exact) mass is 434 g/mol. The van der Waals surface area contributed by atoms with E-state index in [1.54, 1.807) is 24.3 Å². The van der Waals surface area contributed by atoms with E-state index in [0.29, 0.717) is 5.92 Å². The van der Waals surface area contributed by atoms with Crippen molar-refractivity contribution >= 4 is 11.6 Å². The number of ketones is 2. The van der Waals surface area contributed by atoms with Crippen molar-refractivity contribution in [3.8, 4) is 0 Å². The summed E-state index contributed by atoms with van der Waals surface area (Å²) in [4.78, 5) is 25.1. The molecule has 0 aromatic carbocycles. The van der Waals surface area contributed by atoms with Gasteiger partial charge in [0.25, 0.3) is 0 Å². The molecule has 2 rings (SSSR count). The molecule has 32 heavy (non-hydrogen) atoms. The maximum Gasteiger partial charge on any atom is 0.179 e. The van der Waals surface area contributed by atoms with Gasteiger partial charge in [0.2, 0.25) is 0 Å². The summed E-state index contributed by atoms with van der Waals surface area (Å²) in [5.41, 5.74) is 6.09. The van der Waals surface area contributed by atoms with Crippen LogP contribution in [0.15, 0.2) is 69.9 Å². The van der Waals surface area contributed by atoms with Crippen molar-refractivity contribution in [2.45, 2.75) is 82.6 Å². The highest BCUT2D eigenvalue weighted by Crippen LogP contribution is 2.44.